The number of benzene rings is 2. The van der Waals surface area contributed by atoms with E-state index in [1.165, 1.54) is 26.2 Å². The van der Waals surface area contributed by atoms with Crippen molar-refractivity contribution in [2.24, 2.45) is 17.4 Å². The van der Waals surface area contributed by atoms with Crippen LogP contribution in [0.2, 0.25) is 0 Å². The molecule has 86 heavy (non-hydrogen) atoms. The highest BCUT2D eigenvalue weighted by Gasteiger charge is 2.63. The Hall–Kier alpha value is -4.56. The van der Waals surface area contributed by atoms with Gasteiger partial charge in [-0.1, -0.05) is 6.92 Å². The molecule has 478 valence electrons. The summed E-state index contributed by atoms with van der Waals surface area (Å²) in [6.07, 6.45) is -14.8. The zero-order valence-electron chi connectivity index (χ0n) is 51.0. The molecule has 8 aliphatic rings. The van der Waals surface area contributed by atoms with E-state index in [-0.39, 0.29) is 91.0 Å². The monoisotopic (exact) mass is 1210 g/mol. The molecule has 2 aliphatic carbocycles. The normalized spacial score (nSPS) is 42.1. The summed E-state index contributed by atoms with van der Waals surface area (Å²) in [6, 6.07) is 1.89. The summed E-state index contributed by atoms with van der Waals surface area (Å²) in [6.45, 7) is 13.9. The van der Waals surface area contributed by atoms with E-state index in [1.807, 2.05) is 32.8 Å². The second-order valence-corrected chi connectivity index (χ2v) is 26.2. The molecular formula is C60H86N4O22. The highest BCUT2D eigenvalue weighted by atomic mass is 16.8. The predicted octanol–water partition coefficient (Wildman–Crippen LogP) is 2.30. The van der Waals surface area contributed by atoms with Gasteiger partial charge in [0.05, 0.1) is 77.3 Å². The molecule has 6 heterocycles. The summed E-state index contributed by atoms with van der Waals surface area (Å²) >= 11 is 0. The Morgan fingerprint density at radius 2 is 1.31 bits per heavy atom. The fraction of sp³-hybridized carbons (Fsp3) is 0.733. The summed E-state index contributed by atoms with van der Waals surface area (Å²) < 4.78 is 76.5. The summed E-state index contributed by atoms with van der Waals surface area (Å²) in [5.41, 5.74) is 9.23. The third kappa shape index (κ3) is 11.6. The van der Waals surface area contributed by atoms with E-state index in [1.54, 1.807) is 53.6 Å². The lowest BCUT2D eigenvalue weighted by molar-refractivity contribution is -0.430. The third-order valence-corrected chi connectivity index (χ3v) is 18.8. The van der Waals surface area contributed by atoms with E-state index in [2.05, 4.69) is 0 Å². The average molecular weight is 1220 g/mol. The number of likely N-dealkylation sites (N-methyl/N-ethyl adjacent to an activating group) is 2. The predicted molar refractivity (Wildman–Crippen MR) is 299 cm³/mol. The van der Waals surface area contributed by atoms with E-state index < -0.39 is 179 Å². The number of ether oxygens (including phenoxy) is 12. The van der Waals surface area contributed by atoms with E-state index in [4.69, 9.17) is 73.4 Å². The van der Waals surface area contributed by atoms with Gasteiger partial charge < -0.3 is 109 Å². The lowest BCUT2D eigenvalue weighted by atomic mass is 9.72. The number of rotatable bonds is 15. The smallest absolute Gasteiger partial charge is 0.306 e. The quantitative estimate of drug-likeness (QED) is 0.0799. The molecule has 0 saturated carbocycles. The Kier molecular flexibility index (Phi) is 17.7. The average Bonchev–Trinajstić information content (AvgIpc) is 0.703. The van der Waals surface area contributed by atoms with Gasteiger partial charge in [0.2, 0.25) is 17.9 Å². The van der Waals surface area contributed by atoms with E-state index in [0.717, 1.165) is 0 Å². The molecule has 0 radical (unpaired) electrons. The highest BCUT2D eigenvalue weighted by molar-refractivity contribution is 6.31. The first-order valence-electron chi connectivity index (χ1n) is 29.6. The van der Waals surface area contributed by atoms with E-state index in [0.29, 0.717) is 0 Å². The molecule has 0 aromatic heterocycles. The Labute approximate surface area is 499 Å². The number of aromatic hydroxyl groups is 2. The number of carbonyl (C=O) groups excluding carboxylic acids is 3. The molecule has 23 atom stereocenters. The van der Waals surface area contributed by atoms with Crippen molar-refractivity contribution in [2.75, 3.05) is 35.3 Å². The number of hydrogen-bond acceptors (Lipinski definition) is 25. The van der Waals surface area contributed by atoms with Gasteiger partial charge in [-0.3, -0.25) is 19.2 Å². The van der Waals surface area contributed by atoms with Crippen LogP contribution < -0.4 is 16.2 Å². The maximum absolute atomic E-state index is 15.3. The minimum absolute atomic E-state index is 0.00353. The molecular weight excluding hydrogens is 1130 g/mol. The molecule has 5 fully saturated rings. The van der Waals surface area contributed by atoms with Gasteiger partial charge in [-0.25, -0.2) is 0 Å². The van der Waals surface area contributed by atoms with Crippen molar-refractivity contribution >= 4 is 23.5 Å². The Bertz CT molecular complexity index is 2940. The number of esters is 1. The Morgan fingerprint density at radius 1 is 0.721 bits per heavy atom. The molecule has 2 aromatic rings. The number of phenolic OH excluding ortho intramolecular Hbond substituents is 2. The van der Waals surface area contributed by atoms with Crippen molar-refractivity contribution in [1.29, 1.82) is 0 Å². The number of nitrogens with two attached hydrogens (primary N) is 2. The van der Waals surface area contributed by atoms with Gasteiger partial charge in [0.1, 0.15) is 41.7 Å². The number of aliphatic carboxylic acids is 1. The van der Waals surface area contributed by atoms with Gasteiger partial charge in [0.15, 0.2) is 37.0 Å². The number of fused-ring (bicyclic) bond motifs is 8. The van der Waals surface area contributed by atoms with Crippen LogP contribution in [0.25, 0.3) is 0 Å². The summed E-state index contributed by atoms with van der Waals surface area (Å²) in [5.74, 6) is -7.53. The first kappa shape index (κ1) is 64.4. The number of hydrogen-bond donors (Lipinski definition) is 8. The minimum Gasteiger partial charge on any atom is -0.507 e. The van der Waals surface area contributed by atoms with Crippen molar-refractivity contribution in [2.45, 2.75) is 240 Å². The highest BCUT2D eigenvalue weighted by Crippen LogP contribution is 2.58. The zero-order valence-corrected chi connectivity index (χ0v) is 51.0. The zero-order chi connectivity index (χ0) is 62.8. The van der Waals surface area contributed by atoms with Crippen LogP contribution in [0.1, 0.15) is 155 Å². The van der Waals surface area contributed by atoms with Crippen LogP contribution in [0, 0.1) is 5.92 Å². The van der Waals surface area contributed by atoms with Crippen LogP contribution in [0.15, 0.2) is 12.1 Å². The molecule has 10 rings (SSSR count). The number of carboxylic acids is 1. The fourth-order valence-corrected chi connectivity index (χ4v) is 14.7. The third-order valence-electron chi connectivity index (χ3n) is 18.8. The number of phenols is 2. The number of aliphatic hydroxyl groups is 3. The SMILES string of the molecule is CO[C@@H]1C[C@H](O[C@@H]2[C@@H](C)O[C@@H](O[C@@H]3[C@@H](C)O[C@@H](O[C@@]45O[C@@H](Oc6c4ccc4c6C(=O)c6c(O)c7c(c(O)c6C4=O)[C@@H](O[C@H]4C[C@@H](N(C)C)[C@H](O)[C@@H](C)O4)C[C@](C)(O)C7)[C@H](O)[C@H](N(C)C)[C@H]5C)C[C@]3(C)N)C[C@]2(C)N)O[C@H](C)[C@@H]1OC(=O)CCC(=O)O. The van der Waals surface area contributed by atoms with Gasteiger partial charge in [-0.2, -0.15) is 0 Å². The van der Waals surface area contributed by atoms with Crippen LogP contribution in [0.5, 0.6) is 17.2 Å². The molecule has 0 amide bonds. The van der Waals surface area contributed by atoms with Crippen molar-refractivity contribution < 1.29 is 107 Å². The summed E-state index contributed by atoms with van der Waals surface area (Å²) in [4.78, 5) is 57.5. The Balaban J connectivity index is 0.890. The van der Waals surface area contributed by atoms with Gasteiger partial charge >= 0.3 is 11.9 Å². The van der Waals surface area contributed by atoms with Crippen molar-refractivity contribution in [3.63, 3.8) is 0 Å². The summed E-state index contributed by atoms with van der Waals surface area (Å²) in [5, 5.41) is 68.2. The van der Waals surface area contributed by atoms with Gasteiger partial charge in [0, 0.05) is 91.4 Å². The number of ketones is 2. The number of methoxy groups -OCH3 is 1. The van der Waals surface area contributed by atoms with Crippen LogP contribution in [-0.4, -0.2) is 220 Å². The van der Waals surface area contributed by atoms with Crippen molar-refractivity contribution in [3.05, 3.63) is 51.1 Å². The first-order chi connectivity index (χ1) is 40.2. The minimum atomic E-state index is -1.86. The number of carbonyl (C=O) groups is 4. The number of aliphatic hydroxyl groups excluding tert-OH is 2. The van der Waals surface area contributed by atoms with E-state index in [9.17, 15) is 35.1 Å². The van der Waals surface area contributed by atoms with E-state index >= 15 is 9.59 Å². The second kappa shape index (κ2) is 23.7. The maximum atomic E-state index is 15.3. The summed E-state index contributed by atoms with van der Waals surface area (Å²) in [7, 11) is 8.66. The van der Waals surface area contributed by atoms with Crippen LogP contribution in [0.4, 0.5) is 0 Å². The standard InChI is InChI=1S/C60H86N4O22/c1-24-45(64(11)12)51(73)56-84-53-31(15-14-29-42(53)50(72)44-43(47(29)69)49(71)41-30(48(44)70)20-57(6,74)21-34(41)80-37-18-32(63(9)10)46(68)25(2)76-37)60(24,86-56)85-40-23-59(8,62)55(28(5)79-40)83-39-22-58(7,61)54(27(4)78-39)82-38-19-33(75-13)52(26(3)77-38)81-36(67)17-16-35(65)66/h14-15,24-28,32-34,37-40,45-46,51-52,54-56,68,70-71,73-74H,16-23,61-62H2,1-13H3,(H,65,66)/t24-,25-,26-,27-,28-,32-,33-,34+,37+,38+,39+,40+,45-,46-,51-,52+,54-,55-,56-,57-,58+,59+,60+/m1/s1. The molecule has 2 aromatic carbocycles. The Morgan fingerprint density at radius 3 is 1.93 bits per heavy atom. The molecule has 26 nitrogen and oxygen atoms in total. The molecule has 26 heteroatoms. The lowest BCUT2D eigenvalue weighted by Crippen LogP contribution is -2.69. The second-order valence-electron chi connectivity index (χ2n) is 26.2. The fourth-order valence-electron chi connectivity index (χ4n) is 14.7. The van der Waals surface area contributed by atoms with Crippen LogP contribution in [0.3, 0.4) is 0 Å². The topological polar surface area (TPSA) is 359 Å². The van der Waals surface area contributed by atoms with Crippen LogP contribution in [-0.2, 0) is 73.9 Å². The number of nitrogens with zero attached hydrogens (tertiary/aromatic N) is 2. The molecule has 2 bridgehead atoms. The first-order valence-corrected chi connectivity index (χ1v) is 29.6. The van der Waals surface area contributed by atoms with Crippen LogP contribution >= 0.6 is 0 Å². The molecule has 0 unspecified atom stereocenters. The largest absolute Gasteiger partial charge is 0.507 e. The number of carboxylic acid groups (broad SMARTS) is 1. The van der Waals surface area contributed by atoms with Gasteiger partial charge in [-0.15, -0.1) is 0 Å². The maximum Gasteiger partial charge on any atom is 0.306 e. The van der Waals surface area contributed by atoms with Gasteiger partial charge in [-0.05, 0) is 88.8 Å². The van der Waals surface area contributed by atoms with Gasteiger partial charge in [0.25, 0.3) is 0 Å². The van der Waals surface area contributed by atoms with Crippen molar-refractivity contribution in [1.82, 2.24) is 9.80 Å². The molecule has 6 aliphatic heterocycles. The molecule has 0 spiro atoms. The molecule has 5 saturated heterocycles. The lowest BCUT2D eigenvalue weighted by Gasteiger charge is -2.57. The van der Waals surface area contributed by atoms with Crippen molar-refractivity contribution in [3.8, 4) is 17.2 Å². The molecule has 10 N–H and O–H groups in total.